The van der Waals surface area contributed by atoms with E-state index in [0.717, 1.165) is 12.0 Å². The molecule has 1 heterocycles. The summed E-state index contributed by atoms with van der Waals surface area (Å²) in [5.41, 5.74) is 1.97. The molecule has 88 valence electrons. The van der Waals surface area contributed by atoms with E-state index in [4.69, 9.17) is 0 Å². The van der Waals surface area contributed by atoms with Crippen LogP contribution in [0.25, 0.3) is 0 Å². The summed E-state index contributed by atoms with van der Waals surface area (Å²) in [4.78, 5) is 13.0. The van der Waals surface area contributed by atoms with E-state index in [1.807, 2.05) is 41.8 Å². The number of thiophene rings is 1. The average Bonchev–Trinajstić information content (AvgIpc) is 2.89. The first-order chi connectivity index (χ1) is 8.29. The molecule has 1 aromatic carbocycles. The minimum atomic E-state index is -0.0129. The van der Waals surface area contributed by atoms with Crippen LogP contribution in [0.2, 0.25) is 0 Å². The number of amides is 1. The van der Waals surface area contributed by atoms with Crippen LogP contribution in [0.3, 0.4) is 0 Å². The third-order valence-corrected chi connectivity index (χ3v) is 3.50. The van der Waals surface area contributed by atoms with Gasteiger partial charge in [0, 0.05) is 10.4 Å². The van der Waals surface area contributed by atoms with E-state index in [1.54, 1.807) is 11.3 Å². The summed E-state index contributed by atoms with van der Waals surface area (Å²) in [6, 6.07) is 11.8. The zero-order chi connectivity index (χ0) is 12.1. The van der Waals surface area contributed by atoms with Crippen LogP contribution in [0.4, 0.5) is 0 Å². The molecule has 1 N–H and O–H groups in total. The maximum atomic E-state index is 11.8. The second-order valence-corrected chi connectivity index (χ2v) is 4.84. The van der Waals surface area contributed by atoms with Gasteiger partial charge in [-0.1, -0.05) is 25.1 Å². The Hall–Kier alpha value is -1.61. The summed E-state index contributed by atoms with van der Waals surface area (Å²) >= 11 is 1.65. The smallest absolute Gasteiger partial charge is 0.251 e. The highest BCUT2D eigenvalue weighted by Crippen LogP contribution is 2.09. The fraction of sp³-hybridized carbons (Fsp3) is 0.214. The molecule has 0 aliphatic carbocycles. The maximum Gasteiger partial charge on any atom is 0.251 e. The van der Waals surface area contributed by atoms with E-state index in [9.17, 15) is 4.79 Å². The molecular weight excluding hydrogens is 230 g/mol. The van der Waals surface area contributed by atoms with Crippen molar-refractivity contribution in [2.24, 2.45) is 0 Å². The maximum absolute atomic E-state index is 11.8. The molecule has 0 radical (unpaired) electrons. The summed E-state index contributed by atoms with van der Waals surface area (Å²) < 4.78 is 0. The lowest BCUT2D eigenvalue weighted by molar-refractivity contribution is 0.0951. The van der Waals surface area contributed by atoms with Crippen molar-refractivity contribution >= 4 is 17.2 Å². The standard InChI is InChI=1S/C14H15NOS/c1-2-11-5-7-12(8-6-11)14(16)15-10-13-4-3-9-17-13/h3-9H,2,10H2,1H3,(H,15,16). The fourth-order valence-corrected chi connectivity index (χ4v) is 2.22. The molecule has 1 aromatic heterocycles. The first-order valence-electron chi connectivity index (χ1n) is 5.69. The zero-order valence-electron chi connectivity index (χ0n) is 9.77. The Bertz CT molecular complexity index is 473. The van der Waals surface area contributed by atoms with Gasteiger partial charge in [0.2, 0.25) is 0 Å². The molecule has 17 heavy (non-hydrogen) atoms. The van der Waals surface area contributed by atoms with Crippen LogP contribution in [0.5, 0.6) is 0 Å². The number of carbonyl (C=O) groups excluding carboxylic acids is 1. The van der Waals surface area contributed by atoms with Gasteiger partial charge in [-0.05, 0) is 35.6 Å². The van der Waals surface area contributed by atoms with Gasteiger partial charge in [-0.2, -0.15) is 0 Å². The predicted octanol–water partition coefficient (Wildman–Crippen LogP) is 3.24. The molecule has 0 aliphatic rings. The summed E-state index contributed by atoms with van der Waals surface area (Å²) in [6.45, 7) is 2.71. The largest absolute Gasteiger partial charge is 0.347 e. The number of aryl methyl sites for hydroxylation is 1. The third-order valence-electron chi connectivity index (χ3n) is 2.63. The van der Waals surface area contributed by atoms with Crippen LogP contribution in [0, 0.1) is 0 Å². The van der Waals surface area contributed by atoms with Crippen molar-refractivity contribution in [2.45, 2.75) is 19.9 Å². The molecular formula is C14H15NOS. The SMILES string of the molecule is CCc1ccc(C(=O)NCc2cccs2)cc1. The van der Waals surface area contributed by atoms with Crippen molar-refractivity contribution in [3.63, 3.8) is 0 Å². The van der Waals surface area contributed by atoms with Crippen molar-refractivity contribution in [1.82, 2.24) is 5.32 Å². The molecule has 0 aliphatic heterocycles. The number of rotatable bonds is 4. The van der Waals surface area contributed by atoms with Gasteiger partial charge in [0.25, 0.3) is 5.91 Å². The molecule has 0 saturated carbocycles. The molecule has 0 fully saturated rings. The Morgan fingerprint density at radius 1 is 1.24 bits per heavy atom. The van der Waals surface area contributed by atoms with E-state index in [-0.39, 0.29) is 5.91 Å². The highest BCUT2D eigenvalue weighted by atomic mass is 32.1. The topological polar surface area (TPSA) is 29.1 Å². The van der Waals surface area contributed by atoms with Gasteiger partial charge in [-0.15, -0.1) is 11.3 Å². The zero-order valence-corrected chi connectivity index (χ0v) is 10.6. The van der Waals surface area contributed by atoms with Gasteiger partial charge >= 0.3 is 0 Å². The molecule has 2 aromatic rings. The molecule has 3 heteroatoms. The Balaban J connectivity index is 1.95. The number of hydrogen-bond donors (Lipinski definition) is 1. The number of benzene rings is 1. The fourth-order valence-electron chi connectivity index (χ4n) is 1.57. The first-order valence-corrected chi connectivity index (χ1v) is 6.57. The van der Waals surface area contributed by atoms with E-state index >= 15 is 0 Å². The minimum Gasteiger partial charge on any atom is -0.347 e. The summed E-state index contributed by atoms with van der Waals surface area (Å²) in [5.74, 6) is -0.0129. The van der Waals surface area contributed by atoms with Crippen molar-refractivity contribution in [2.75, 3.05) is 0 Å². The van der Waals surface area contributed by atoms with Crippen molar-refractivity contribution < 1.29 is 4.79 Å². The molecule has 1 amide bonds. The van der Waals surface area contributed by atoms with E-state index in [2.05, 4.69) is 12.2 Å². The second kappa shape index (κ2) is 5.64. The molecule has 2 nitrogen and oxygen atoms in total. The van der Waals surface area contributed by atoms with Crippen molar-refractivity contribution in [1.29, 1.82) is 0 Å². The number of nitrogens with one attached hydrogen (secondary N) is 1. The molecule has 2 rings (SSSR count). The van der Waals surface area contributed by atoms with Gasteiger partial charge in [-0.3, -0.25) is 4.79 Å². The average molecular weight is 245 g/mol. The van der Waals surface area contributed by atoms with Crippen LogP contribution in [0.15, 0.2) is 41.8 Å². The minimum absolute atomic E-state index is 0.0129. The monoisotopic (exact) mass is 245 g/mol. The Morgan fingerprint density at radius 2 is 2.00 bits per heavy atom. The first kappa shape index (κ1) is 11.9. The quantitative estimate of drug-likeness (QED) is 0.880. The summed E-state index contributed by atoms with van der Waals surface area (Å²) in [7, 11) is 0. The lowest BCUT2D eigenvalue weighted by atomic mass is 10.1. The van der Waals surface area contributed by atoms with Crippen molar-refractivity contribution in [3.05, 3.63) is 57.8 Å². The molecule has 0 unspecified atom stereocenters. The van der Waals surface area contributed by atoms with E-state index in [1.165, 1.54) is 10.4 Å². The predicted molar refractivity (Wildman–Crippen MR) is 71.3 cm³/mol. The molecule has 0 bridgehead atoms. The van der Waals surface area contributed by atoms with Crippen LogP contribution < -0.4 is 5.32 Å². The summed E-state index contributed by atoms with van der Waals surface area (Å²) in [5, 5.41) is 4.92. The Kier molecular flexibility index (Phi) is 3.94. The third kappa shape index (κ3) is 3.17. The van der Waals surface area contributed by atoms with E-state index in [0.29, 0.717) is 6.54 Å². The van der Waals surface area contributed by atoms with Gasteiger partial charge in [0.15, 0.2) is 0 Å². The molecule has 0 atom stereocenters. The highest BCUT2D eigenvalue weighted by Gasteiger charge is 2.04. The van der Waals surface area contributed by atoms with Crippen LogP contribution in [-0.2, 0) is 13.0 Å². The van der Waals surface area contributed by atoms with Crippen LogP contribution >= 0.6 is 11.3 Å². The highest BCUT2D eigenvalue weighted by molar-refractivity contribution is 7.09. The summed E-state index contributed by atoms with van der Waals surface area (Å²) in [6.07, 6.45) is 0.997. The van der Waals surface area contributed by atoms with Gasteiger partial charge < -0.3 is 5.32 Å². The number of carbonyl (C=O) groups is 1. The van der Waals surface area contributed by atoms with Gasteiger partial charge in [0.05, 0.1) is 6.54 Å². The lowest BCUT2D eigenvalue weighted by Gasteiger charge is -2.04. The van der Waals surface area contributed by atoms with Crippen molar-refractivity contribution in [3.8, 4) is 0 Å². The molecule has 0 saturated heterocycles. The Labute approximate surface area is 105 Å². The second-order valence-electron chi connectivity index (χ2n) is 3.81. The normalized spacial score (nSPS) is 10.2. The van der Waals surface area contributed by atoms with Crippen LogP contribution in [-0.4, -0.2) is 5.91 Å². The van der Waals surface area contributed by atoms with Gasteiger partial charge in [-0.25, -0.2) is 0 Å². The number of hydrogen-bond acceptors (Lipinski definition) is 2. The van der Waals surface area contributed by atoms with E-state index < -0.39 is 0 Å². The van der Waals surface area contributed by atoms with Crippen LogP contribution in [0.1, 0.15) is 27.7 Å². The Morgan fingerprint density at radius 3 is 2.59 bits per heavy atom. The van der Waals surface area contributed by atoms with Gasteiger partial charge in [0.1, 0.15) is 0 Å². The lowest BCUT2D eigenvalue weighted by Crippen LogP contribution is -2.22. The molecule has 0 spiro atoms.